The summed E-state index contributed by atoms with van der Waals surface area (Å²) in [6.45, 7) is 0.648. The van der Waals surface area contributed by atoms with E-state index in [-0.39, 0.29) is 0 Å². The van der Waals surface area contributed by atoms with Crippen molar-refractivity contribution >= 4 is 45.6 Å². The number of ether oxygens (including phenoxy) is 2. The zero-order chi connectivity index (χ0) is 17.3. The summed E-state index contributed by atoms with van der Waals surface area (Å²) in [5, 5.41) is 0.726. The summed E-state index contributed by atoms with van der Waals surface area (Å²) in [6, 6.07) is 7.45. The summed E-state index contributed by atoms with van der Waals surface area (Å²) < 4.78 is 11.4. The van der Waals surface area contributed by atoms with Gasteiger partial charge in [0.05, 0.1) is 30.6 Å². The van der Waals surface area contributed by atoms with Crippen molar-refractivity contribution in [2.75, 3.05) is 31.9 Å². The first-order chi connectivity index (χ1) is 11.5. The zero-order valence-corrected chi connectivity index (χ0v) is 15.1. The van der Waals surface area contributed by atoms with Crippen molar-refractivity contribution in [2.45, 2.75) is 6.54 Å². The van der Waals surface area contributed by atoms with Gasteiger partial charge in [-0.2, -0.15) is 4.98 Å². The van der Waals surface area contributed by atoms with E-state index in [9.17, 15) is 0 Å². The van der Waals surface area contributed by atoms with Gasteiger partial charge in [0.2, 0.25) is 5.95 Å². The number of nitrogens with zero attached hydrogens (tertiary/aromatic N) is 3. The molecule has 0 spiro atoms. The van der Waals surface area contributed by atoms with Crippen LogP contribution in [0.2, 0.25) is 4.34 Å². The molecule has 2 aromatic heterocycles. The Bertz CT molecular complexity index is 884. The van der Waals surface area contributed by atoms with Crippen LogP contribution in [0.5, 0.6) is 11.5 Å². The molecule has 1 aromatic carbocycles. The van der Waals surface area contributed by atoms with Crippen LogP contribution in [-0.4, -0.2) is 31.2 Å². The molecule has 3 rings (SSSR count). The molecule has 0 atom stereocenters. The molecule has 0 unspecified atom stereocenters. The lowest BCUT2D eigenvalue weighted by atomic mass is 10.2. The third kappa shape index (κ3) is 3.18. The number of rotatable bonds is 5. The van der Waals surface area contributed by atoms with E-state index in [0.29, 0.717) is 35.3 Å². The van der Waals surface area contributed by atoms with Crippen molar-refractivity contribution in [2.24, 2.45) is 0 Å². The Balaban J connectivity index is 1.99. The fourth-order valence-electron chi connectivity index (χ4n) is 2.38. The van der Waals surface area contributed by atoms with Crippen LogP contribution in [0.25, 0.3) is 10.9 Å². The van der Waals surface area contributed by atoms with Gasteiger partial charge in [0, 0.05) is 23.4 Å². The van der Waals surface area contributed by atoms with Crippen LogP contribution < -0.4 is 20.1 Å². The fraction of sp³-hybridized carbons (Fsp3) is 0.250. The number of hydrogen-bond donors (Lipinski definition) is 1. The molecule has 0 saturated carbocycles. The molecule has 8 heteroatoms. The zero-order valence-electron chi connectivity index (χ0n) is 13.5. The minimum Gasteiger partial charge on any atom is -0.493 e. The van der Waals surface area contributed by atoms with Crippen molar-refractivity contribution in [3.63, 3.8) is 0 Å². The highest BCUT2D eigenvalue weighted by atomic mass is 35.5. The van der Waals surface area contributed by atoms with Crippen molar-refractivity contribution in [1.29, 1.82) is 0 Å². The number of nitrogens with two attached hydrogens (primary N) is 1. The van der Waals surface area contributed by atoms with E-state index < -0.39 is 0 Å². The van der Waals surface area contributed by atoms with E-state index in [1.807, 2.05) is 24.1 Å². The molecular formula is C16H17ClN4O2S. The number of thiophene rings is 1. The van der Waals surface area contributed by atoms with E-state index >= 15 is 0 Å². The predicted molar refractivity (Wildman–Crippen MR) is 98.5 cm³/mol. The summed E-state index contributed by atoms with van der Waals surface area (Å²) in [5.74, 6) is 2.13. The normalized spacial score (nSPS) is 10.8. The minimum absolute atomic E-state index is 0.395. The molecule has 0 amide bonds. The third-order valence-corrected chi connectivity index (χ3v) is 4.80. The maximum absolute atomic E-state index is 6.11. The van der Waals surface area contributed by atoms with E-state index in [4.69, 9.17) is 26.8 Å². The molecule has 0 aliphatic rings. The maximum atomic E-state index is 6.11. The van der Waals surface area contributed by atoms with Gasteiger partial charge < -0.3 is 20.1 Å². The van der Waals surface area contributed by atoms with E-state index in [1.165, 1.54) is 11.3 Å². The molecule has 0 fully saturated rings. The number of aromatic nitrogens is 2. The Morgan fingerprint density at radius 3 is 2.50 bits per heavy atom. The number of nitrogen functional groups attached to an aromatic ring is 1. The molecular weight excluding hydrogens is 348 g/mol. The number of halogens is 1. The Morgan fingerprint density at radius 1 is 1.17 bits per heavy atom. The Labute approximate surface area is 148 Å². The Morgan fingerprint density at radius 2 is 1.88 bits per heavy atom. The second kappa shape index (κ2) is 6.70. The van der Waals surface area contributed by atoms with Crippen LogP contribution >= 0.6 is 22.9 Å². The maximum Gasteiger partial charge on any atom is 0.227 e. The highest BCUT2D eigenvalue weighted by Crippen LogP contribution is 2.34. The van der Waals surface area contributed by atoms with Gasteiger partial charge in [0.15, 0.2) is 11.5 Å². The molecule has 0 saturated heterocycles. The average Bonchev–Trinajstić information content (AvgIpc) is 2.98. The molecule has 2 heterocycles. The lowest BCUT2D eigenvalue weighted by molar-refractivity contribution is 0.356. The van der Waals surface area contributed by atoms with Crippen LogP contribution in [-0.2, 0) is 6.54 Å². The lowest BCUT2D eigenvalue weighted by Crippen LogP contribution is -2.19. The number of anilines is 2. The third-order valence-electron chi connectivity index (χ3n) is 3.58. The van der Waals surface area contributed by atoms with Gasteiger partial charge in [-0.1, -0.05) is 11.6 Å². The monoisotopic (exact) mass is 364 g/mol. The average molecular weight is 365 g/mol. The van der Waals surface area contributed by atoms with Gasteiger partial charge in [-0.25, -0.2) is 4.98 Å². The van der Waals surface area contributed by atoms with Gasteiger partial charge in [-0.3, -0.25) is 0 Å². The fourth-order valence-corrected chi connectivity index (χ4v) is 3.52. The van der Waals surface area contributed by atoms with Crippen molar-refractivity contribution in [1.82, 2.24) is 9.97 Å². The number of benzene rings is 1. The summed E-state index contributed by atoms with van der Waals surface area (Å²) in [4.78, 5) is 12.0. The largest absolute Gasteiger partial charge is 0.493 e. The molecule has 0 radical (unpaired) electrons. The summed E-state index contributed by atoms with van der Waals surface area (Å²) >= 11 is 7.51. The molecule has 2 N–H and O–H groups in total. The molecule has 0 bridgehead atoms. The van der Waals surface area contributed by atoms with Gasteiger partial charge in [0.25, 0.3) is 0 Å². The first kappa shape index (κ1) is 16.6. The minimum atomic E-state index is 0.395. The van der Waals surface area contributed by atoms with Crippen LogP contribution in [0, 0.1) is 0 Å². The molecule has 0 aliphatic carbocycles. The highest BCUT2D eigenvalue weighted by molar-refractivity contribution is 7.16. The van der Waals surface area contributed by atoms with Gasteiger partial charge in [0.1, 0.15) is 5.82 Å². The first-order valence-electron chi connectivity index (χ1n) is 7.16. The molecule has 6 nitrogen and oxygen atoms in total. The number of hydrogen-bond acceptors (Lipinski definition) is 7. The number of methoxy groups -OCH3 is 2. The van der Waals surface area contributed by atoms with Gasteiger partial charge in [-0.15, -0.1) is 11.3 Å². The molecule has 0 aliphatic heterocycles. The van der Waals surface area contributed by atoms with Crippen LogP contribution in [0.15, 0.2) is 24.3 Å². The summed E-state index contributed by atoms with van der Waals surface area (Å²) in [6.07, 6.45) is 0. The summed E-state index contributed by atoms with van der Waals surface area (Å²) in [7, 11) is 5.08. The quantitative estimate of drug-likeness (QED) is 0.745. The molecule has 24 heavy (non-hydrogen) atoms. The topological polar surface area (TPSA) is 73.5 Å². The van der Waals surface area contributed by atoms with Gasteiger partial charge in [-0.05, 0) is 18.2 Å². The second-order valence-electron chi connectivity index (χ2n) is 5.20. The first-order valence-corrected chi connectivity index (χ1v) is 8.36. The highest BCUT2D eigenvalue weighted by Gasteiger charge is 2.14. The molecule has 3 aromatic rings. The van der Waals surface area contributed by atoms with Gasteiger partial charge >= 0.3 is 0 Å². The van der Waals surface area contributed by atoms with Crippen LogP contribution in [0.4, 0.5) is 11.8 Å². The predicted octanol–water partition coefficient (Wildman–Crippen LogP) is 3.58. The van der Waals surface area contributed by atoms with Crippen LogP contribution in [0.1, 0.15) is 4.88 Å². The van der Waals surface area contributed by atoms with Crippen molar-refractivity contribution in [3.05, 3.63) is 33.5 Å². The standard InChI is InChI=1S/C16H17ClN4O2S/c1-21(8-9-4-5-14(17)24-9)16-19-11-7-13(23-3)12(22-2)6-10(11)15(18)20-16/h4-7H,8H2,1-3H3,(H2,18,19,20). The van der Waals surface area contributed by atoms with Crippen molar-refractivity contribution in [3.8, 4) is 11.5 Å². The van der Waals surface area contributed by atoms with Crippen molar-refractivity contribution < 1.29 is 9.47 Å². The Kier molecular flexibility index (Phi) is 4.64. The molecule has 126 valence electrons. The van der Waals surface area contributed by atoms with E-state index in [1.54, 1.807) is 26.4 Å². The SMILES string of the molecule is COc1cc2nc(N(C)Cc3ccc(Cl)s3)nc(N)c2cc1OC. The van der Waals surface area contributed by atoms with E-state index in [0.717, 1.165) is 14.6 Å². The second-order valence-corrected chi connectivity index (χ2v) is 6.99. The Hall–Kier alpha value is -2.25. The number of fused-ring (bicyclic) bond motifs is 1. The summed E-state index contributed by atoms with van der Waals surface area (Å²) in [5.41, 5.74) is 6.81. The lowest BCUT2D eigenvalue weighted by Gasteiger charge is -2.18. The smallest absolute Gasteiger partial charge is 0.227 e. The van der Waals surface area contributed by atoms with Crippen LogP contribution in [0.3, 0.4) is 0 Å². The van der Waals surface area contributed by atoms with E-state index in [2.05, 4.69) is 9.97 Å².